The van der Waals surface area contributed by atoms with Crippen molar-refractivity contribution in [2.75, 3.05) is 25.5 Å². The van der Waals surface area contributed by atoms with Crippen LogP contribution in [-0.4, -0.2) is 41.4 Å². The SMILES string of the molecule is CN(C)c1cncc([C@H]2CCCN2C(=O)CCc2ccccc2)n1. The molecular weight excluding hydrogens is 300 g/mol. The van der Waals surface area contributed by atoms with Crippen LogP contribution in [0.3, 0.4) is 0 Å². The summed E-state index contributed by atoms with van der Waals surface area (Å²) in [5.41, 5.74) is 2.10. The molecule has 1 atom stereocenters. The summed E-state index contributed by atoms with van der Waals surface area (Å²) in [5, 5.41) is 0. The molecule has 126 valence electrons. The molecule has 1 fully saturated rings. The Labute approximate surface area is 143 Å². The smallest absolute Gasteiger partial charge is 0.223 e. The van der Waals surface area contributed by atoms with Crippen LogP contribution in [-0.2, 0) is 11.2 Å². The summed E-state index contributed by atoms with van der Waals surface area (Å²) in [6.45, 7) is 0.812. The predicted octanol–water partition coefficient (Wildman–Crippen LogP) is 2.84. The Bertz CT molecular complexity index is 687. The molecular formula is C19H24N4O. The van der Waals surface area contributed by atoms with E-state index in [-0.39, 0.29) is 11.9 Å². The number of anilines is 1. The normalized spacial score (nSPS) is 17.1. The van der Waals surface area contributed by atoms with Crippen molar-refractivity contribution in [2.45, 2.75) is 31.7 Å². The van der Waals surface area contributed by atoms with Crippen molar-refractivity contribution in [3.63, 3.8) is 0 Å². The number of aromatic nitrogens is 2. The zero-order valence-corrected chi connectivity index (χ0v) is 14.4. The topological polar surface area (TPSA) is 49.3 Å². The van der Waals surface area contributed by atoms with E-state index in [0.29, 0.717) is 6.42 Å². The van der Waals surface area contributed by atoms with Gasteiger partial charge in [-0.15, -0.1) is 0 Å². The monoisotopic (exact) mass is 324 g/mol. The van der Waals surface area contributed by atoms with E-state index in [1.165, 1.54) is 5.56 Å². The van der Waals surface area contributed by atoms with Crippen molar-refractivity contribution in [3.8, 4) is 0 Å². The van der Waals surface area contributed by atoms with Gasteiger partial charge in [0.25, 0.3) is 0 Å². The van der Waals surface area contributed by atoms with Gasteiger partial charge in [0.15, 0.2) is 0 Å². The van der Waals surface area contributed by atoms with Crippen molar-refractivity contribution >= 4 is 11.7 Å². The highest BCUT2D eigenvalue weighted by Crippen LogP contribution is 2.31. The molecule has 5 nitrogen and oxygen atoms in total. The zero-order valence-electron chi connectivity index (χ0n) is 14.4. The maximum Gasteiger partial charge on any atom is 0.223 e. The van der Waals surface area contributed by atoms with Crippen LogP contribution in [0.15, 0.2) is 42.7 Å². The Kier molecular flexibility index (Phi) is 5.08. The zero-order chi connectivity index (χ0) is 16.9. The summed E-state index contributed by atoms with van der Waals surface area (Å²) in [7, 11) is 3.90. The van der Waals surface area contributed by atoms with Gasteiger partial charge >= 0.3 is 0 Å². The number of rotatable bonds is 5. The molecule has 0 spiro atoms. The summed E-state index contributed by atoms with van der Waals surface area (Å²) in [6, 6.07) is 10.2. The molecule has 5 heteroatoms. The molecule has 0 unspecified atom stereocenters. The van der Waals surface area contributed by atoms with Crippen LogP contribution in [0, 0.1) is 0 Å². The second-order valence-corrected chi connectivity index (χ2v) is 6.43. The maximum atomic E-state index is 12.7. The summed E-state index contributed by atoms with van der Waals surface area (Å²) < 4.78 is 0. The van der Waals surface area contributed by atoms with Gasteiger partial charge in [0.05, 0.1) is 24.1 Å². The van der Waals surface area contributed by atoms with E-state index in [2.05, 4.69) is 22.1 Å². The molecule has 0 bridgehead atoms. The van der Waals surface area contributed by atoms with Gasteiger partial charge in [0, 0.05) is 27.1 Å². The molecule has 1 aliphatic rings. The van der Waals surface area contributed by atoms with Gasteiger partial charge in [-0.25, -0.2) is 4.98 Å². The second-order valence-electron chi connectivity index (χ2n) is 6.43. The van der Waals surface area contributed by atoms with Gasteiger partial charge in [0.1, 0.15) is 5.82 Å². The average molecular weight is 324 g/mol. The van der Waals surface area contributed by atoms with Crippen LogP contribution >= 0.6 is 0 Å². The number of carbonyl (C=O) groups is 1. The van der Waals surface area contributed by atoms with Crippen LogP contribution in [0.2, 0.25) is 0 Å². The van der Waals surface area contributed by atoms with Gasteiger partial charge in [-0.05, 0) is 24.8 Å². The number of benzene rings is 1. The van der Waals surface area contributed by atoms with Gasteiger partial charge in [-0.1, -0.05) is 30.3 Å². The Morgan fingerprint density at radius 2 is 2.04 bits per heavy atom. The highest BCUT2D eigenvalue weighted by molar-refractivity contribution is 5.77. The molecule has 2 heterocycles. The Morgan fingerprint density at radius 1 is 1.25 bits per heavy atom. The third-order valence-electron chi connectivity index (χ3n) is 4.48. The van der Waals surface area contributed by atoms with Gasteiger partial charge in [-0.3, -0.25) is 9.78 Å². The van der Waals surface area contributed by atoms with Crippen LogP contribution in [0.25, 0.3) is 0 Å². The van der Waals surface area contributed by atoms with Crippen molar-refractivity contribution in [3.05, 3.63) is 54.0 Å². The van der Waals surface area contributed by atoms with E-state index in [9.17, 15) is 4.79 Å². The molecule has 1 aromatic heterocycles. The van der Waals surface area contributed by atoms with Crippen molar-refractivity contribution in [1.29, 1.82) is 0 Å². The van der Waals surface area contributed by atoms with E-state index in [1.807, 2.05) is 42.1 Å². The van der Waals surface area contributed by atoms with Crippen LogP contribution < -0.4 is 4.90 Å². The fourth-order valence-corrected chi connectivity index (χ4v) is 3.16. The van der Waals surface area contributed by atoms with E-state index >= 15 is 0 Å². The third-order valence-corrected chi connectivity index (χ3v) is 4.48. The fourth-order valence-electron chi connectivity index (χ4n) is 3.16. The summed E-state index contributed by atoms with van der Waals surface area (Å²) in [6.07, 6.45) is 6.85. The quantitative estimate of drug-likeness (QED) is 0.848. The van der Waals surface area contributed by atoms with Crippen LogP contribution in [0.5, 0.6) is 0 Å². The summed E-state index contributed by atoms with van der Waals surface area (Å²) in [4.78, 5) is 25.6. The number of aryl methyl sites for hydroxylation is 1. The maximum absolute atomic E-state index is 12.7. The molecule has 0 saturated carbocycles. The second kappa shape index (κ2) is 7.43. The lowest BCUT2D eigenvalue weighted by atomic mass is 10.1. The van der Waals surface area contributed by atoms with Crippen molar-refractivity contribution < 1.29 is 4.79 Å². The van der Waals surface area contributed by atoms with E-state index < -0.39 is 0 Å². The van der Waals surface area contributed by atoms with E-state index in [1.54, 1.807) is 12.4 Å². The number of likely N-dealkylation sites (tertiary alicyclic amines) is 1. The highest BCUT2D eigenvalue weighted by Gasteiger charge is 2.31. The first-order valence-electron chi connectivity index (χ1n) is 8.48. The minimum Gasteiger partial charge on any atom is -0.361 e. The van der Waals surface area contributed by atoms with Gasteiger partial charge in [-0.2, -0.15) is 0 Å². The predicted molar refractivity (Wildman–Crippen MR) is 94.8 cm³/mol. The minimum absolute atomic E-state index is 0.0562. The standard InChI is InChI=1S/C19H24N4O/c1-22(2)18-14-20-13-16(21-18)17-9-6-12-23(17)19(24)11-10-15-7-4-3-5-8-15/h3-5,7-8,13-14,17H,6,9-12H2,1-2H3/t17-/m1/s1. The Hall–Kier alpha value is -2.43. The molecule has 1 amide bonds. The molecule has 0 radical (unpaired) electrons. The molecule has 1 aromatic carbocycles. The molecule has 1 aliphatic heterocycles. The number of nitrogens with zero attached hydrogens (tertiary/aromatic N) is 4. The first kappa shape index (κ1) is 16.4. The lowest BCUT2D eigenvalue weighted by Crippen LogP contribution is -2.31. The lowest BCUT2D eigenvalue weighted by molar-refractivity contribution is -0.132. The minimum atomic E-state index is 0.0562. The largest absolute Gasteiger partial charge is 0.361 e. The molecule has 24 heavy (non-hydrogen) atoms. The third kappa shape index (κ3) is 3.72. The lowest BCUT2D eigenvalue weighted by Gasteiger charge is -2.25. The first-order chi connectivity index (χ1) is 11.6. The van der Waals surface area contributed by atoms with E-state index in [4.69, 9.17) is 0 Å². The number of hydrogen-bond acceptors (Lipinski definition) is 4. The fraction of sp³-hybridized carbons (Fsp3) is 0.421. The average Bonchev–Trinajstić information content (AvgIpc) is 3.10. The van der Waals surface area contributed by atoms with Crippen molar-refractivity contribution in [1.82, 2.24) is 14.9 Å². The van der Waals surface area contributed by atoms with Gasteiger partial charge in [0.2, 0.25) is 5.91 Å². The summed E-state index contributed by atoms with van der Waals surface area (Å²) in [5.74, 6) is 1.04. The number of hydrogen-bond donors (Lipinski definition) is 0. The van der Waals surface area contributed by atoms with Crippen LogP contribution in [0.4, 0.5) is 5.82 Å². The molecule has 2 aromatic rings. The van der Waals surface area contributed by atoms with E-state index in [0.717, 1.165) is 37.3 Å². The first-order valence-corrected chi connectivity index (χ1v) is 8.48. The molecule has 0 aliphatic carbocycles. The molecule has 1 saturated heterocycles. The van der Waals surface area contributed by atoms with Gasteiger partial charge < -0.3 is 9.80 Å². The Balaban J connectivity index is 1.68. The number of carbonyl (C=O) groups excluding carboxylic acids is 1. The highest BCUT2D eigenvalue weighted by atomic mass is 16.2. The molecule has 0 N–H and O–H groups in total. The van der Waals surface area contributed by atoms with Crippen molar-refractivity contribution in [2.24, 2.45) is 0 Å². The summed E-state index contributed by atoms with van der Waals surface area (Å²) >= 11 is 0. The van der Waals surface area contributed by atoms with Crippen LogP contribution in [0.1, 0.15) is 36.6 Å². The Morgan fingerprint density at radius 3 is 2.79 bits per heavy atom. The molecule has 3 rings (SSSR count). The number of amides is 1.